The Morgan fingerprint density at radius 3 is 2.53 bits per heavy atom. The molecule has 0 aromatic carbocycles. The molecule has 0 aromatic heterocycles. The fourth-order valence-electron chi connectivity index (χ4n) is 3.98. The molecule has 0 aliphatic heterocycles. The second kappa shape index (κ2) is 5.71. The highest BCUT2D eigenvalue weighted by Crippen LogP contribution is 2.34. The third-order valence-electron chi connectivity index (χ3n) is 4.84. The van der Waals surface area contributed by atoms with Gasteiger partial charge in [-0.05, 0) is 37.5 Å². The molecule has 0 spiro atoms. The van der Waals surface area contributed by atoms with Gasteiger partial charge >= 0.3 is 0 Å². The lowest BCUT2D eigenvalue weighted by molar-refractivity contribution is 0.0784. The summed E-state index contributed by atoms with van der Waals surface area (Å²) in [5, 5.41) is 13.6. The van der Waals surface area contributed by atoms with E-state index in [9.17, 15) is 5.11 Å². The number of aliphatic hydroxyl groups excluding tert-OH is 1. The number of hydrogen-bond donors (Lipinski definition) is 2. The number of rotatable bonds is 3. The maximum absolute atomic E-state index is 9.79. The van der Waals surface area contributed by atoms with Gasteiger partial charge in [-0.3, -0.25) is 0 Å². The van der Waals surface area contributed by atoms with Crippen LogP contribution in [0.3, 0.4) is 0 Å². The largest absolute Gasteiger partial charge is 0.394 e. The van der Waals surface area contributed by atoms with Crippen LogP contribution in [0.5, 0.6) is 0 Å². The molecular weight excluding hydrogens is 210 g/mol. The fraction of sp³-hybridized carbons (Fsp3) is 1.00. The van der Waals surface area contributed by atoms with Crippen molar-refractivity contribution in [3.63, 3.8) is 0 Å². The molecule has 2 rings (SSSR count). The average molecular weight is 239 g/mol. The normalized spacial score (nSPS) is 43.6. The maximum Gasteiger partial charge on any atom is 0.0613 e. The van der Waals surface area contributed by atoms with Crippen LogP contribution >= 0.6 is 0 Å². The van der Waals surface area contributed by atoms with E-state index < -0.39 is 0 Å². The van der Waals surface area contributed by atoms with E-state index in [4.69, 9.17) is 0 Å². The van der Waals surface area contributed by atoms with Gasteiger partial charge in [0.2, 0.25) is 0 Å². The van der Waals surface area contributed by atoms with E-state index >= 15 is 0 Å². The lowest BCUT2D eigenvalue weighted by Crippen LogP contribution is -2.56. The molecule has 2 aliphatic rings. The molecular formula is C15H29NO. The molecule has 4 unspecified atom stereocenters. The molecule has 0 saturated heterocycles. The van der Waals surface area contributed by atoms with Gasteiger partial charge in [0.15, 0.2) is 0 Å². The summed E-state index contributed by atoms with van der Waals surface area (Å²) in [6.07, 6.45) is 10.3. The first kappa shape index (κ1) is 13.4. The highest BCUT2D eigenvalue weighted by atomic mass is 16.3. The van der Waals surface area contributed by atoms with Crippen molar-refractivity contribution in [2.24, 2.45) is 11.8 Å². The van der Waals surface area contributed by atoms with Gasteiger partial charge in [-0.1, -0.05) is 39.5 Å². The highest BCUT2D eigenvalue weighted by Gasteiger charge is 2.36. The molecule has 0 heterocycles. The average Bonchev–Trinajstić information content (AvgIpc) is 2.29. The van der Waals surface area contributed by atoms with Gasteiger partial charge in [-0.15, -0.1) is 0 Å². The molecule has 0 radical (unpaired) electrons. The summed E-state index contributed by atoms with van der Waals surface area (Å²) in [6, 6.07) is 0.649. The quantitative estimate of drug-likeness (QED) is 0.793. The lowest BCUT2D eigenvalue weighted by atomic mass is 9.75. The topological polar surface area (TPSA) is 32.3 Å². The van der Waals surface area contributed by atoms with Crippen molar-refractivity contribution in [2.75, 3.05) is 6.61 Å². The van der Waals surface area contributed by atoms with Gasteiger partial charge < -0.3 is 10.4 Å². The minimum Gasteiger partial charge on any atom is -0.394 e. The van der Waals surface area contributed by atoms with E-state index in [0.717, 1.165) is 18.3 Å². The summed E-state index contributed by atoms with van der Waals surface area (Å²) in [7, 11) is 0. The summed E-state index contributed by atoms with van der Waals surface area (Å²) < 4.78 is 0. The zero-order valence-electron chi connectivity index (χ0n) is 11.5. The summed E-state index contributed by atoms with van der Waals surface area (Å²) in [6.45, 7) is 5.01. The zero-order chi connectivity index (χ0) is 12.3. The Morgan fingerprint density at radius 1 is 1.12 bits per heavy atom. The van der Waals surface area contributed by atoms with Gasteiger partial charge in [0, 0.05) is 11.6 Å². The number of hydrogen-bond acceptors (Lipinski definition) is 2. The summed E-state index contributed by atoms with van der Waals surface area (Å²) in [5.41, 5.74) is 0.0411. The fourth-order valence-corrected chi connectivity index (χ4v) is 3.98. The van der Waals surface area contributed by atoms with Gasteiger partial charge in [0.05, 0.1) is 6.61 Å². The summed E-state index contributed by atoms with van der Waals surface area (Å²) >= 11 is 0. The van der Waals surface area contributed by atoms with E-state index in [0.29, 0.717) is 12.6 Å². The second-order valence-electron chi connectivity index (χ2n) is 6.75. The van der Waals surface area contributed by atoms with Crippen molar-refractivity contribution >= 4 is 0 Å². The van der Waals surface area contributed by atoms with Gasteiger partial charge in [-0.25, -0.2) is 0 Å². The van der Waals surface area contributed by atoms with Crippen molar-refractivity contribution in [3.8, 4) is 0 Å². The summed E-state index contributed by atoms with van der Waals surface area (Å²) in [4.78, 5) is 0. The minimum absolute atomic E-state index is 0.0411. The Bertz CT molecular complexity index is 243. The SMILES string of the molecule is CC1CCCC(NC2(CO)CCCC(C)C2)C1. The number of nitrogens with one attached hydrogen (secondary N) is 1. The molecule has 0 bridgehead atoms. The Balaban J connectivity index is 1.93. The molecule has 2 nitrogen and oxygen atoms in total. The standard InChI is InChI=1S/C15H29NO/c1-12-5-3-7-14(9-12)16-15(11-17)8-4-6-13(2)10-15/h12-14,16-17H,3-11H2,1-2H3. The molecule has 2 aliphatic carbocycles. The molecule has 2 fully saturated rings. The van der Waals surface area contributed by atoms with Crippen LogP contribution in [0.1, 0.15) is 65.2 Å². The molecule has 0 amide bonds. The summed E-state index contributed by atoms with van der Waals surface area (Å²) in [5.74, 6) is 1.63. The molecule has 2 N–H and O–H groups in total. The molecule has 17 heavy (non-hydrogen) atoms. The maximum atomic E-state index is 9.79. The van der Waals surface area contributed by atoms with Crippen LogP contribution in [-0.4, -0.2) is 23.3 Å². The monoisotopic (exact) mass is 239 g/mol. The Labute approximate surface area is 106 Å². The van der Waals surface area contributed by atoms with Crippen molar-refractivity contribution in [1.29, 1.82) is 0 Å². The van der Waals surface area contributed by atoms with E-state index in [1.807, 2.05) is 0 Å². The van der Waals surface area contributed by atoms with Crippen molar-refractivity contribution < 1.29 is 5.11 Å². The molecule has 100 valence electrons. The van der Waals surface area contributed by atoms with Gasteiger partial charge in [0.1, 0.15) is 0 Å². The van der Waals surface area contributed by atoms with Gasteiger partial charge in [-0.2, -0.15) is 0 Å². The first-order valence-electron chi connectivity index (χ1n) is 7.52. The third kappa shape index (κ3) is 3.45. The lowest BCUT2D eigenvalue weighted by Gasteiger charge is -2.43. The predicted octanol–water partition coefficient (Wildman–Crippen LogP) is 3.10. The second-order valence-corrected chi connectivity index (χ2v) is 6.75. The van der Waals surface area contributed by atoms with E-state index in [-0.39, 0.29) is 5.54 Å². The van der Waals surface area contributed by atoms with Crippen molar-refractivity contribution in [2.45, 2.75) is 76.8 Å². The Kier molecular flexibility index (Phi) is 4.48. The van der Waals surface area contributed by atoms with Crippen LogP contribution in [0.2, 0.25) is 0 Å². The number of aliphatic hydroxyl groups is 1. The van der Waals surface area contributed by atoms with Crippen molar-refractivity contribution in [1.82, 2.24) is 5.32 Å². The van der Waals surface area contributed by atoms with Crippen LogP contribution in [0.25, 0.3) is 0 Å². The minimum atomic E-state index is 0.0411. The van der Waals surface area contributed by atoms with Crippen LogP contribution in [0.15, 0.2) is 0 Å². The van der Waals surface area contributed by atoms with E-state index in [2.05, 4.69) is 19.2 Å². The zero-order valence-corrected chi connectivity index (χ0v) is 11.5. The molecule has 2 heteroatoms. The van der Waals surface area contributed by atoms with E-state index in [1.54, 1.807) is 0 Å². The third-order valence-corrected chi connectivity index (χ3v) is 4.84. The Hall–Kier alpha value is -0.0800. The highest BCUT2D eigenvalue weighted by molar-refractivity contribution is 4.95. The Morgan fingerprint density at radius 2 is 1.88 bits per heavy atom. The smallest absolute Gasteiger partial charge is 0.0613 e. The molecule has 0 aromatic rings. The van der Waals surface area contributed by atoms with Crippen LogP contribution in [0.4, 0.5) is 0 Å². The van der Waals surface area contributed by atoms with Gasteiger partial charge in [0.25, 0.3) is 0 Å². The molecule has 2 saturated carbocycles. The first-order valence-corrected chi connectivity index (χ1v) is 7.52. The van der Waals surface area contributed by atoms with E-state index in [1.165, 1.54) is 44.9 Å². The van der Waals surface area contributed by atoms with Crippen LogP contribution in [-0.2, 0) is 0 Å². The predicted molar refractivity (Wildman–Crippen MR) is 72.0 cm³/mol. The van der Waals surface area contributed by atoms with Crippen LogP contribution in [0, 0.1) is 11.8 Å². The van der Waals surface area contributed by atoms with Crippen LogP contribution < -0.4 is 5.32 Å². The molecule has 4 atom stereocenters. The first-order chi connectivity index (χ1) is 8.13. The van der Waals surface area contributed by atoms with Crippen molar-refractivity contribution in [3.05, 3.63) is 0 Å².